The van der Waals surface area contributed by atoms with Gasteiger partial charge in [-0.2, -0.15) is 5.26 Å². The molecular formula is C23H16I2N2O4. The van der Waals surface area contributed by atoms with Gasteiger partial charge in [-0.1, -0.05) is 12.1 Å². The van der Waals surface area contributed by atoms with Crippen LogP contribution in [0.2, 0.25) is 0 Å². The summed E-state index contributed by atoms with van der Waals surface area (Å²) >= 11 is 4.43. The molecule has 8 heteroatoms. The molecular weight excluding hydrogens is 622 g/mol. The van der Waals surface area contributed by atoms with Crippen molar-refractivity contribution < 1.29 is 14.4 Å². The normalized spacial score (nSPS) is 11.0. The summed E-state index contributed by atoms with van der Waals surface area (Å²) in [7, 11) is 1.57. The lowest BCUT2D eigenvalue weighted by molar-refractivity contribution is -0.384. The number of nitriles is 1. The standard InChI is InChI=1S/C23H16I2N2O4/c1-30-22-12-16(10-18(13-26)17-4-8-20(9-5-17)27(28)29)11-21(25)23(22)31-14-15-2-6-19(24)7-3-15/h2-12H,14H2,1H3/b18-10-. The van der Waals surface area contributed by atoms with Crippen LogP contribution in [-0.4, -0.2) is 12.0 Å². The van der Waals surface area contributed by atoms with Crippen LogP contribution in [-0.2, 0) is 6.61 Å². The molecule has 0 N–H and O–H groups in total. The monoisotopic (exact) mass is 638 g/mol. The Bertz CT molecular complexity index is 1170. The smallest absolute Gasteiger partial charge is 0.269 e. The molecule has 0 aliphatic rings. The van der Waals surface area contributed by atoms with Gasteiger partial charge in [0.25, 0.3) is 5.69 Å². The average Bonchev–Trinajstić information content (AvgIpc) is 2.77. The number of hydrogen-bond acceptors (Lipinski definition) is 5. The fourth-order valence-electron chi connectivity index (χ4n) is 2.81. The molecule has 0 saturated carbocycles. The fourth-order valence-corrected chi connectivity index (χ4v) is 3.95. The minimum absolute atomic E-state index is 0.0214. The van der Waals surface area contributed by atoms with E-state index in [0.29, 0.717) is 29.2 Å². The van der Waals surface area contributed by atoms with E-state index in [4.69, 9.17) is 9.47 Å². The van der Waals surface area contributed by atoms with Crippen molar-refractivity contribution >= 4 is 62.5 Å². The predicted molar refractivity (Wildman–Crippen MR) is 136 cm³/mol. The van der Waals surface area contributed by atoms with Gasteiger partial charge in [-0.05, 0) is 104 Å². The number of non-ortho nitro benzene ring substituents is 1. The molecule has 3 rings (SSSR count). The van der Waals surface area contributed by atoms with E-state index in [0.717, 1.165) is 18.3 Å². The van der Waals surface area contributed by atoms with Crippen LogP contribution < -0.4 is 9.47 Å². The molecule has 6 nitrogen and oxygen atoms in total. The number of methoxy groups -OCH3 is 1. The third kappa shape index (κ3) is 5.95. The summed E-state index contributed by atoms with van der Waals surface area (Å²) in [6.07, 6.45) is 1.72. The minimum Gasteiger partial charge on any atom is -0.493 e. The lowest BCUT2D eigenvalue weighted by Crippen LogP contribution is -2.00. The highest BCUT2D eigenvalue weighted by atomic mass is 127. The second-order valence-corrected chi connectivity index (χ2v) is 8.83. The Morgan fingerprint density at radius 1 is 1.13 bits per heavy atom. The molecule has 3 aromatic carbocycles. The number of nitrogens with zero attached hydrogens (tertiary/aromatic N) is 2. The van der Waals surface area contributed by atoms with Crippen molar-refractivity contribution in [3.63, 3.8) is 0 Å². The number of benzene rings is 3. The molecule has 0 aliphatic carbocycles. The molecule has 3 aromatic rings. The Labute approximate surface area is 206 Å². The summed E-state index contributed by atoms with van der Waals surface area (Å²) in [6.45, 7) is 0.407. The summed E-state index contributed by atoms with van der Waals surface area (Å²) < 4.78 is 13.5. The Kier molecular flexibility index (Phi) is 7.86. The number of halogens is 2. The molecule has 0 spiro atoms. The predicted octanol–water partition coefficient (Wildman–Crippen LogP) is 6.46. The number of rotatable bonds is 7. The molecule has 0 heterocycles. The number of hydrogen-bond donors (Lipinski definition) is 0. The first-order valence-corrected chi connectivity index (χ1v) is 11.2. The van der Waals surface area contributed by atoms with Crippen molar-refractivity contribution in [2.75, 3.05) is 7.11 Å². The number of nitro benzene ring substituents is 1. The SMILES string of the molecule is COc1cc(/C=C(/C#N)c2ccc([N+](=O)[O-])cc2)cc(I)c1OCc1ccc(I)cc1. The van der Waals surface area contributed by atoms with Crippen LogP contribution in [0.1, 0.15) is 16.7 Å². The van der Waals surface area contributed by atoms with E-state index < -0.39 is 4.92 Å². The molecule has 0 aliphatic heterocycles. The quantitative estimate of drug-likeness (QED) is 0.0977. The van der Waals surface area contributed by atoms with Crippen LogP contribution in [0.3, 0.4) is 0 Å². The second kappa shape index (κ2) is 10.6. The van der Waals surface area contributed by atoms with Crippen LogP contribution in [0.25, 0.3) is 11.6 Å². The largest absolute Gasteiger partial charge is 0.493 e. The van der Waals surface area contributed by atoms with Gasteiger partial charge in [-0.15, -0.1) is 0 Å². The van der Waals surface area contributed by atoms with E-state index in [1.54, 1.807) is 31.4 Å². The molecule has 0 saturated heterocycles. The highest BCUT2D eigenvalue weighted by Gasteiger charge is 2.13. The lowest BCUT2D eigenvalue weighted by atomic mass is 10.0. The first-order chi connectivity index (χ1) is 14.9. The van der Waals surface area contributed by atoms with Gasteiger partial charge in [0.15, 0.2) is 11.5 Å². The summed E-state index contributed by atoms with van der Waals surface area (Å²) in [5.74, 6) is 1.19. The first kappa shape index (κ1) is 23.0. The van der Waals surface area contributed by atoms with Gasteiger partial charge in [0.2, 0.25) is 0 Å². The molecule has 0 amide bonds. The molecule has 0 aromatic heterocycles. The van der Waals surface area contributed by atoms with E-state index in [1.807, 2.05) is 30.3 Å². The van der Waals surface area contributed by atoms with Crippen molar-refractivity contribution in [3.05, 3.63) is 94.6 Å². The second-order valence-electron chi connectivity index (χ2n) is 6.42. The zero-order valence-corrected chi connectivity index (χ0v) is 20.7. The van der Waals surface area contributed by atoms with E-state index in [-0.39, 0.29) is 5.69 Å². The van der Waals surface area contributed by atoms with Gasteiger partial charge in [-0.25, -0.2) is 0 Å². The molecule has 156 valence electrons. The third-order valence-corrected chi connectivity index (χ3v) is 5.89. The number of nitro groups is 1. The maximum absolute atomic E-state index is 10.8. The zero-order chi connectivity index (χ0) is 22.4. The van der Waals surface area contributed by atoms with Crippen LogP contribution in [0, 0.1) is 28.6 Å². The van der Waals surface area contributed by atoms with Crippen LogP contribution in [0.4, 0.5) is 5.69 Å². The van der Waals surface area contributed by atoms with Crippen LogP contribution >= 0.6 is 45.2 Å². The summed E-state index contributed by atoms with van der Waals surface area (Å²) in [5.41, 5.74) is 2.78. The Morgan fingerprint density at radius 3 is 2.39 bits per heavy atom. The molecule has 0 radical (unpaired) electrons. The zero-order valence-electron chi connectivity index (χ0n) is 16.3. The van der Waals surface area contributed by atoms with Gasteiger partial charge in [-0.3, -0.25) is 10.1 Å². The first-order valence-electron chi connectivity index (χ1n) is 9.02. The van der Waals surface area contributed by atoms with Crippen LogP contribution in [0.15, 0.2) is 60.7 Å². The van der Waals surface area contributed by atoms with Crippen molar-refractivity contribution in [1.29, 1.82) is 5.26 Å². The highest BCUT2D eigenvalue weighted by Crippen LogP contribution is 2.35. The van der Waals surface area contributed by atoms with Crippen molar-refractivity contribution in [3.8, 4) is 17.6 Å². The molecule has 0 unspecified atom stereocenters. The number of allylic oxidation sites excluding steroid dienone is 1. The van der Waals surface area contributed by atoms with Gasteiger partial charge in [0, 0.05) is 15.7 Å². The van der Waals surface area contributed by atoms with E-state index >= 15 is 0 Å². The fraction of sp³-hybridized carbons (Fsp3) is 0.0870. The van der Waals surface area contributed by atoms with E-state index in [1.165, 1.54) is 12.1 Å². The van der Waals surface area contributed by atoms with Crippen molar-refractivity contribution in [2.45, 2.75) is 6.61 Å². The average molecular weight is 638 g/mol. The van der Waals surface area contributed by atoms with Gasteiger partial charge < -0.3 is 9.47 Å². The maximum atomic E-state index is 10.8. The molecule has 31 heavy (non-hydrogen) atoms. The summed E-state index contributed by atoms with van der Waals surface area (Å²) in [4.78, 5) is 10.4. The lowest BCUT2D eigenvalue weighted by Gasteiger charge is -2.14. The van der Waals surface area contributed by atoms with E-state index in [9.17, 15) is 15.4 Å². The highest BCUT2D eigenvalue weighted by molar-refractivity contribution is 14.1. The van der Waals surface area contributed by atoms with Gasteiger partial charge in [0.1, 0.15) is 6.61 Å². The Hall–Kier alpha value is -2.65. The topological polar surface area (TPSA) is 85.4 Å². The molecule has 0 bridgehead atoms. The van der Waals surface area contributed by atoms with Gasteiger partial charge >= 0.3 is 0 Å². The Morgan fingerprint density at radius 2 is 1.81 bits per heavy atom. The van der Waals surface area contributed by atoms with E-state index in [2.05, 4.69) is 51.3 Å². The van der Waals surface area contributed by atoms with Crippen molar-refractivity contribution in [1.82, 2.24) is 0 Å². The maximum Gasteiger partial charge on any atom is 0.269 e. The minimum atomic E-state index is -0.471. The van der Waals surface area contributed by atoms with Crippen LogP contribution in [0.5, 0.6) is 11.5 Å². The molecule has 0 fully saturated rings. The Balaban J connectivity index is 1.87. The summed E-state index contributed by atoms with van der Waals surface area (Å²) in [5, 5.41) is 20.4. The number of ether oxygens (including phenoxy) is 2. The molecule has 0 atom stereocenters. The van der Waals surface area contributed by atoms with Gasteiger partial charge in [0.05, 0.1) is 27.2 Å². The summed E-state index contributed by atoms with van der Waals surface area (Å²) in [6, 6.07) is 19.8. The van der Waals surface area contributed by atoms with Crippen molar-refractivity contribution in [2.24, 2.45) is 0 Å². The third-order valence-electron chi connectivity index (χ3n) is 4.37.